The van der Waals surface area contributed by atoms with Crippen molar-refractivity contribution in [3.63, 3.8) is 0 Å². The fourth-order valence-electron chi connectivity index (χ4n) is 3.89. The maximum atomic E-state index is 12.7. The lowest BCUT2D eigenvalue weighted by Gasteiger charge is -2.42. The van der Waals surface area contributed by atoms with Crippen molar-refractivity contribution in [1.82, 2.24) is 9.73 Å². The van der Waals surface area contributed by atoms with Gasteiger partial charge in [-0.25, -0.2) is 13.4 Å². The Morgan fingerprint density at radius 2 is 1.92 bits per heavy atom. The summed E-state index contributed by atoms with van der Waals surface area (Å²) in [7, 11) is -4.64. The summed E-state index contributed by atoms with van der Waals surface area (Å²) in [5, 5.41) is 6.31. The van der Waals surface area contributed by atoms with Gasteiger partial charge in [0.2, 0.25) is 15.9 Å². The van der Waals surface area contributed by atoms with E-state index in [4.69, 9.17) is 9.47 Å². The number of hydrogen-bond acceptors (Lipinski definition) is 7. The molecule has 1 fully saturated rings. The van der Waals surface area contributed by atoms with E-state index in [-0.39, 0.29) is 13.2 Å². The molecule has 192 valence electrons. The third kappa shape index (κ3) is 5.94. The average molecular weight is 524 g/mol. The lowest BCUT2D eigenvalue weighted by Crippen LogP contribution is -2.60. The zero-order chi connectivity index (χ0) is 26.0. The number of carbonyl (C=O) groups excluding carboxylic acids is 1. The van der Waals surface area contributed by atoms with Crippen molar-refractivity contribution in [3.05, 3.63) is 77.2 Å². The van der Waals surface area contributed by atoms with Gasteiger partial charge in [-0.2, -0.15) is 23.0 Å². The highest BCUT2D eigenvalue weighted by Gasteiger charge is 2.46. The van der Waals surface area contributed by atoms with Crippen LogP contribution in [-0.2, 0) is 20.3 Å². The molecule has 36 heavy (non-hydrogen) atoms. The number of sulfonamides is 1. The number of carbonyl (C=O) groups is 1. The van der Waals surface area contributed by atoms with Crippen LogP contribution in [0.15, 0.2) is 65.6 Å². The molecule has 0 amide bonds. The first kappa shape index (κ1) is 25.9. The van der Waals surface area contributed by atoms with Gasteiger partial charge >= 0.3 is 6.18 Å². The van der Waals surface area contributed by atoms with E-state index >= 15 is 0 Å². The standard InChI is InChI=1S/C24H24F3N3O5S/c1-2-30-22(35-20-8-6-17(13-31)7-9-20)11-10-21(28-30)18-4-3-5-19(12-18)23(14-34-15-23)29-36(32,33)16-24(25,26)27/h3-9,11-13,29H,2,10,14-16H2,1H3. The second-order valence-electron chi connectivity index (χ2n) is 8.43. The van der Waals surface area contributed by atoms with Crippen LogP contribution in [0.3, 0.4) is 0 Å². The third-order valence-electron chi connectivity index (χ3n) is 5.65. The SMILES string of the molecule is CCN1N=C(c2cccc(C3(NS(=O)(=O)CC(F)(F)F)COC3)c2)CC=C1Oc1ccc(C=O)cc1. The molecule has 2 aromatic carbocycles. The molecule has 2 heterocycles. The summed E-state index contributed by atoms with van der Waals surface area (Å²) in [6, 6.07) is 13.5. The predicted octanol–water partition coefficient (Wildman–Crippen LogP) is 3.56. The molecule has 1 saturated heterocycles. The van der Waals surface area contributed by atoms with E-state index in [9.17, 15) is 26.4 Å². The van der Waals surface area contributed by atoms with E-state index in [0.29, 0.717) is 47.0 Å². The number of rotatable bonds is 9. The lowest BCUT2D eigenvalue weighted by atomic mass is 9.87. The Morgan fingerprint density at radius 1 is 1.19 bits per heavy atom. The molecule has 0 saturated carbocycles. The number of ether oxygens (including phenoxy) is 2. The Hall–Kier alpha value is -3.22. The van der Waals surface area contributed by atoms with Crippen molar-refractivity contribution >= 4 is 22.0 Å². The molecule has 4 rings (SSSR count). The normalized spacial score (nSPS) is 17.6. The number of hydrazone groups is 1. The van der Waals surface area contributed by atoms with Gasteiger partial charge in [-0.05, 0) is 54.5 Å². The van der Waals surface area contributed by atoms with Crippen LogP contribution >= 0.6 is 0 Å². The predicted molar refractivity (Wildman–Crippen MR) is 126 cm³/mol. The zero-order valence-electron chi connectivity index (χ0n) is 19.3. The lowest BCUT2D eigenvalue weighted by molar-refractivity contribution is -0.107. The number of allylic oxidation sites excluding steroid dienone is 1. The largest absolute Gasteiger partial charge is 0.440 e. The Balaban J connectivity index is 1.53. The number of halogens is 3. The molecule has 0 radical (unpaired) electrons. The van der Waals surface area contributed by atoms with Crippen molar-refractivity contribution in [2.45, 2.75) is 25.1 Å². The van der Waals surface area contributed by atoms with Crippen molar-refractivity contribution in [2.24, 2.45) is 5.10 Å². The first-order valence-electron chi connectivity index (χ1n) is 11.1. The average Bonchev–Trinajstić information content (AvgIpc) is 2.81. The number of hydrogen-bond donors (Lipinski definition) is 1. The van der Waals surface area contributed by atoms with Gasteiger partial charge in [0.05, 0.1) is 18.9 Å². The molecule has 0 bridgehead atoms. The Kier molecular flexibility index (Phi) is 7.21. The van der Waals surface area contributed by atoms with Crippen LogP contribution in [-0.4, -0.2) is 57.1 Å². The van der Waals surface area contributed by atoms with Crippen LogP contribution in [0.5, 0.6) is 5.75 Å². The van der Waals surface area contributed by atoms with Gasteiger partial charge in [0.25, 0.3) is 0 Å². The summed E-state index contributed by atoms with van der Waals surface area (Å²) in [4.78, 5) is 10.8. The van der Waals surface area contributed by atoms with Crippen LogP contribution in [0, 0.1) is 0 Å². The minimum absolute atomic E-state index is 0.0815. The van der Waals surface area contributed by atoms with Gasteiger partial charge in [-0.15, -0.1) is 0 Å². The maximum Gasteiger partial charge on any atom is 0.404 e. The van der Waals surface area contributed by atoms with Crippen molar-refractivity contribution in [2.75, 3.05) is 25.5 Å². The van der Waals surface area contributed by atoms with Crippen LogP contribution in [0.1, 0.15) is 34.8 Å². The van der Waals surface area contributed by atoms with E-state index in [1.54, 1.807) is 53.5 Å². The molecule has 0 unspecified atom stereocenters. The molecular weight excluding hydrogens is 499 g/mol. The van der Waals surface area contributed by atoms with Crippen molar-refractivity contribution in [1.29, 1.82) is 0 Å². The van der Waals surface area contributed by atoms with E-state index in [0.717, 1.165) is 6.29 Å². The molecule has 12 heteroatoms. The number of aldehydes is 1. The number of nitrogens with zero attached hydrogens (tertiary/aromatic N) is 2. The molecule has 2 aliphatic heterocycles. The molecule has 0 spiro atoms. The maximum absolute atomic E-state index is 12.7. The molecule has 0 atom stereocenters. The topological polar surface area (TPSA) is 97.3 Å². The number of alkyl halides is 3. The van der Waals surface area contributed by atoms with Crippen LogP contribution < -0.4 is 9.46 Å². The van der Waals surface area contributed by atoms with Gasteiger partial charge in [0, 0.05) is 18.5 Å². The van der Waals surface area contributed by atoms with E-state index in [1.165, 1.54) is 0 Å². The molecule has 0 aliphatic carbocycles. The number of benzene rings is 2. The Bertz CT molecular complexity index is 1290. The third-order valence-corrected chi connectivity index (χ3v) is 7.06. The van der Waals surface area contributed by atoms with Crippen molar-refractivity contribution < 1.29 is 35.9 Å². The van der Waals surface area contributed by atoms with E-state index in [2.05, 4.69) is 9.82 Å². The highest BCUT2D eigenvalue weighted by Crippen LogP contribution is 2.33. The van der Waals surface area contributed by atoms with Crippen molar-refractivity contribution in [3.8, 4) is 5.75 Å². The quantitative estimate of drug-likeness (QED) is 0.505. The fraction of sp³-hybridized carbons (Fsp3) is 0.333. The second-order valence-corrected chi connectivity index (χ2v) is 10.2. The van der Waals surface area contributed by atoms with Gasteiger partial charge in [-0.1, -0.05) is 18.2 Å². The number of nitrogens with one attached hydrogen (secondary N) is 1. The second kappa shape index (κ2) is 10.0. The summed E-state index contributed by atoms with van der Waals surface area (Å²) >= 11 is 0. The zero-order valence-corrected chi connectivity index (χ0v) is 20.1. The van der Waals surface area contributed by atoms with Crippen LogP contribution in [0.2, 0.25) is 0 Å². The first-order valence-corrected chi connectivity index (χ1v) is 12.7. The summed E-state index contributed by atoms with van der Waals surface area (Å²) in [6.45, 7) is 2.23. The van der Waals surface area contributed by atoms with E-state index in [1.807, 2.05) is 13.0 Å². The molecular formula is C24H24F3N3O5S. The highest BCUT2D eigenvalue weighted by molar-refractivity contribution is 7.89. The van der Waals surface area contributed by atoms with Crippen LogP contribution in [0.25, 0.3) is 0 Å². The minimum atomic E-state index is -4.86. The highest BCUT2D eigenvalue weighted by atomic mass is 32.2. The van der Waals surface area contributed by atoms with E-state index < -0.39 is 27.5 Å². The monoisotopic (exact) mass is 523 g/mol. The van der Waals surface area contributed by atoms with Gasteiger partial charge in [-0.3, -0.25) is 4.79 Å². The summed E-state index contributed by atoms with van der Waals surface area (Å²) in [5.41, 5.74) is 1.11. The molecule has 8 nitrogen and oxygen atoms in total. The van der Waals surface area contributed by atoms with Crippen LogP contribution in [0.4, 0.5) is 13.2 Å². The minimum Gasteiger partial charge on any atom is -0.440 e. The Labute approximate surface area is 206 Å². The van der Waals surface area contributed by atoms with Gasteiger partial charge < -0.3 is 9.47 Å². The molecule has 2 aromatic rings. The smallest absolute Gasteiger partial charge is 0.404 e. The first-order chi connectivity index (χ1) is 17.0. The molecule has 2 aliphatic rings. The molecule has 1 N–H and O–H groups in total. The fourth-order valence-corrected chi connectivity index (χ4v) is 5.23. The summed E-state index contributed by atoms with van der Waals surface area (Å²) in [5.74, 6) is -0.908. The molecule has 0 aromatic heterocycles. The van der Waals surface area contributed by atoms with Gasteiger partial charge in [0.1, 0.15) is 17.6 Å². The van der Waals surface area contributed by atoms with Gasteiger partial charge in [0.15, 0.2) is 5.75 Å². The Morgan fingerprint density at radius 3 is 2.50 bits per heavy atom. The summed E-state index contributed by atoms with van der Waals surface area (Å²) in [6.07, 6.45) is -1.86. The summed E-state index contributed by atoms with van der Waals surface area (Å²) < 4.78 is 75.8.